The molecule has 0 radical (unpaired) electrons. The molecule has 3 nitrogen and oxygen atoms in total. The van der Waals surface area contributed by atoms with E-state index in [1.54, 1.807) is 0 Å². The van der Waals surface area contributed by atoms with Crippen molar-refractivity contribution in [3.63, 3.8) is 0 Å². The fourth-order valence-corrected chi connectivity index (χ4v) is 8.57. The summed E-state index contributed by atoms with van der Waals surface area (Å²) in [5.74, 6) is 2.22. The number of fused-ring (bicyclic) bond motifs is 2. The predicted octanol–water partition coefficient (Wildman–Crippen LogP) is 3.32. The molecule has 4 unspecified atom stereocenters. The van der Waals surface area contributed by atoms with E-state index in [1.807, 2.05) is 10.7 Å². The minimum absolute atomic E-state index is 0.0349. The summed E-state index contributed by atoms with van der Waals surface area (Å²) in [6.45, 7) is 3.27. The van der Waals surface area contributed by atoms with E-state index in [1.165, 1.54) is 9.81 Å². The molecule has 5 heteroatoms. The second-order valence-corrected chi connectivity index (χ2v) is 10.6. The molecule has 0 amide bonds. The summed E-state index contributed by atoms with van der Waals surface area (Å²) in [5.41, 5.74) is 0. The number of carbonyl (C=O) groups is 1. The van der Waals surface area contributed by atoms with Crippen LogP contribution in [0.2, 0.25) is 0 Å². The van der Waals surface area contributed by atoms with Crippen molar-refractivity contribution in [2.24, 2.45) is 0 Å². The molecule has 0 bridgehead atoms. The van der Waals surface area contributed by atoms with Crippen molar-refractivity contribution in [2.45, 2.75) is 31.8 Å². The van der Waals surface area contributed by atoms with Gasteiger partial charge in [-0.2, -0.15) is 0 Å². The number of Topliss-reactive ketones (excluding diaryl/α,β-unsaturated/α-hetero) is 1. The fraction of sp³-hybridized carbons (Fsp3) is 0.450. The molecule has 0 spiro atoms. The van der Waals surface area contributed by atoms with Gasteiger partial charge in [-0.25, -0.2) is 0 Å². The van der Waals surface area contributed by atoms with Crippen LogP contribution in [-0.4, -0.2) is 63.7 Å². The first-order valence-electron chi connectivity index (χ1n) is 8.98. The second kappa shape index (κ2) is 7.31. The van der Waals surface area contributed by atoms with Crippen molar-refractivity contribution in [3.8, 4) is 0 Å². The molecule has 2 aliphatic heterocycles. The van der Waals surface area contributed by atoms with Gasteiger partial charge in [-0.3, -0.25) is 14.6 Å². The first-order valence-corrected chi connectivity index (χ1v) is 11.9. The monoisotopic (exact) mass is 374 g/mol. The molecular weight excluding hydrogens is 348 g/mol. The molecule has 0 N–H and O–H groups in total. The summed E-state index contributed by atoms with van der Waals surface area (Å²) in [6.07, 6.45) is 15.4. The number of hydrogen-bond acceptors (Lipinski definition) is 3. The predicted molar refractivity (Wildman–Crippen MR) is 113 cm³/mol. The van der Waals surface area contributed by atoms with E-state index in [0.29, 0.717) is 12.1 Å². The van der Waals surface area contributed by atoms with Crippen molar-refractivity contribution in [2.75, 3.05) is 25.3 Å². The Labute approximate surface area is 155 Å². The topological polar surface area (TPSA) is 23.6 Å². The molecule has 2 aliphatic carbocycles. The molecule has 2 heterocycles. The molecule has 0 saturated carbocycles. The lowest BCUT2D eigenvalue weighted by Gasteiger charge is -2.22. The third-order valence-corrected chi connectivity index (χ3v) is 9.67. The zero-order chi connectivity index (χ0) is 17.4. The van der Waals surface area contributed by atoms with Gasteiger partial charge >= 0.3 is 0 Å². The van der Waals surface area contributed by atoms with Crippen LogP contribution in [0.3, 0.4) is 0 Å². The van der Waals surface area contributed by atoms with Gasteiger partial charge in [-0.05, 0) is 36.2 Å². The van der Waals surface area contributed by atoms with Gasteiger partial charge in [0.1, 0.15) is 0 Å². The summed E-state index contributed by atoms with van der Waals surface area (Å²) >= 11 is 0. The highest BCUT2D eigenvalue weighted by atomic mass is 32.2. The molecule has 2 saturated heterocycles. The Bertz CT molecular complexity index is 773. The van der Waals surface area contributed by atoms with Crippen molar-refractivity contribution in [3.05, 3.63) is 46.3 Å². The van der Waals surface area contributed by atoms with Crippen molar-refractivity contribution >= 4 is 37.5 Å². The largest absolute Gasteiger partial charge is 0.289 e. The number of nitrogens with zero attached hydrogens (tertiary/aromatic N) is 2. The van der Waals surface area contributed by atoms with Crippen molar-refractivity contribution < 1.29 is 4.79 Å². The van der Waals surface area contributed by atoms with E-state index in [2.05, 4.69) is 60.2 Å². The lowest BCUT2D eigenvalue weighted by molar-refractivity contribution is -0.106. The lowest BCUT2D eigenvalue weighted by atomic mass is 10.1. The SMILES string of the molecule is CCN1CS(=CC(=O)C=S2CN(C)C3CC=CC=C32)C2=CC=CCC21. The first kappa shape index (κ1) is 17.4. The number of rotatable bonds is 3. The van der Waals surface area contributed by atoms with Crippen LogP contribution in [0.25, 0.3) is 0 Å². The third kappa shape index (κ3) is 3.35. The van der Waals surface area contributed by atoms with Crippen LogP contribution < -0.4 is 0 Å². The highest BCUT2D eigenvalue weighted by molar-refractivity contribution is 8.21. The van der Waals surface area contributed by atoms with E-state index in [9.17, 15) is 4.79 Å². The van der Waals surface area contributed by atoms with Gasteiger partial charge in [-0.15, -0.1) is 21.0 Å². The van der Waals surface area contributed by atoms with E-state index in [4.69, 9.17) is 0 Å². The minimum atomic E-state index is -0.0369. The first-order chi connectivity index (χ1) is 12.2. The zero-order valence-electron chi connectivity index (χ0n) is 14.9. The molecule has 25 heavy (non-hydrogen) atoms. The molecule has 0 aromatic carbocycles. The highest BCUT2D eigenvalue weighted by Gasteiger charge is 2.32. The van der Waals surface area contributed by atoms with E-state index < -0.39 is 0 Å². The number of likely N-dealkylation sites (N-methyl/N-ethyl adjacent to an activating group) is 2. The van der Waals surface area contributed by atoms with Crippen LogP contribution >= 0.6 is 21.0 Å². The molecule has 4 rings (SSSR count). The number of carbonyl (C=O) groups excluding carboxylic acids is 1. The highest BCUT2D eigenvalue weighted by Crippen LogP contribution is 2.43. The average molecular weight is 375 g/mol. The second-order valence-electron chi connectivity index (χ2n) is 6.91. The van der Waals surface area contributed by atoms with Gasteiger partial charge in [0, 0.05) is 34.6 Å². The maximum atomic E-state index is 12.8. The Morgan fingerprint density at radius 1 is 1.08 bits per heavy atom. The Morgan fingerprint density at radius 3 is 2.36 bits per heavy atom. The van der Waals surface area contributed by atoms with Crippen LogP contribution in [-0.2, 0) is 4.79 Å². The van der Waals surface area contributed by atoms with E-state index in [0.717, 1.165) is 31.1 Å². The lowest BCUT2D eigenvalue weighted by Crippen LogP contribution is -2.29. The summed E-state index contributed by atoms with van der Waals surface area (Å²) in [5, 5.41) is 4.00. The molecular formula is C20H26N2OS2. The van der Waals surface area contributed by atoms with Crippen molar-refractivity contribution in [1.82, 2.24) is 9.80 Å². The normalized spacial score (nSPS) is 35.0. The molecule has 4 atom stereocenters. The van der Waals surface area contributed by atoms with E-state index in [-0.39, 0.29) is 26.8 Å². The van der Waals surface area contributed by atoms with Crippen LogP contribution in [0.4, 0.5) is 0 Å². The standard InChI is InChI=1S/C20H26N2OS2/c1-3-22-15-25(20-11-7-5-9-18(20)22)13-16(23)12-24-14-21(2)17-8-4-6-10-19(17)24/h4-7,10-13,17-18H,3,8-9,14-15H2,1-2H3. The Hall–Kier alpha value is -1.01. The third-order valence-electron chi connectivity index (χ3n) is 5.32. The summed E-state index contributed by atoms with van der Waals surface area (Å²) in [7, 11) is 2.10. The van der Waals surface area contributed by atoms with Crippen LogP contribution in [0.5, 0.6) is 0 Å². The Balaban J connectivity index is 1.58. The van der Waals surface area contributed by atoms with Gasteiger partial charge in [0.2, 0.25) is 0 Å². The number of allylic oxidation sites excluding steroid dienone is 4. The zero-order valence-corrected chi connectivity index (χ0v) is 16.6. The summed E-state index contributed by atoms with van der Waals surface area (Å²) in [4.78, 5) is 20.6. The van der Waals surface area contributed by atoms with E-state index >= 15 is 0 Å². The maximum Gasteiger partial charge on any atom is 0.190 e. The van der Waals surface area contributed by atoms with Gasteiger partial charge in [0.25, 0.3) is 0 Å². The van der Waals surface area contributed by atoms with Gasteiger partial charge in [0.05, 0.1) is 0 Å². The van der Waals surface area contributed by atoms with Crippen LogP contribution in [0, 0.1) is 0 Å². The number of ketones is 1. The van der Waals surface area contributed by atoms with Gasteiger partial charge < -0.3 is 0 Å². The molecule has 0 aromatic heterocycles. The fourth-order valence-electron chi connectivity index (χ4n) is 4.00. The Kier molecular flexibility index (Phi) is 5.09. The van der Waals surface area contributed by atoms with Gasteiger partial charge in [-0.1, -0.05) is 43.4 Å². The molecule has 2 fully saturated rings. The summed E-state index contributed by atoms with van der Waals surface area (Å²) in [6, 6.07) is 1.01. The smallest absolute Gasteiger partial charge is 0.190 e. The Morgan fingerprint density at radius 2 is 1.68 bits per heavy atom. The van der Waals surface area contributed by atoms with Crippen LogP contribution in [0.1, 0.15) is 19.8 Å². The molecule has 0 aromatic rings. The number of hydrogen-bond donors (Lipinski definition) is 0. The minimum Gasteiger partial charge on any atom is -0.289 e. The van der Waals surface area contributed by atoms with Gasteiger partial charge in [0.15, 0.2) is 5.78 Å². The average Bonchev–Trinajstić information content (AvgIpc) is 3.14. The quantitative estimate of drug-likeness (QED) is 0.708. The molecule has 4 aliphatic rings. The van der Waals surface area contributed by atoms with Crippen LogP contribution in [0.15, 0.2) is 46.3 Å². The molecule has 134 valence electrons. The summed E-state index contributed by atoms with van der Waals surface area (Å²) < 4.78 is 0. The maximum absolute atomic E-state index is 12.8. The van der Waals surface area contributed by atoms with Crippen molar-refractivity contribution in [1.29, 1.82) is 0 Å².